The number of aromatic amines is 1. The topological polar surface area (TPSA) is 83.8 Å². The molecular weight excluding hydrogens is 332 g/mol. The molecule has 3 aromatic heterocycles. The molecule has 0 aliphatic carbocycles. The molecule has 0 bridgehead atoms. The van der Waals surface area contributed by atoms with Gasteiger partial charge >= 0.3 is 0 Å². The van der Waals surface area contributed by atoms with Gasteiger partial charge in [-0.1, -0.05) is 6.07 Å². The average molecular weight is 350 g/mol. The summed E-state index contributed by atoms with van der Waals surface area (Å²) in [6.45, 7) is 0. The van der Waals surface area contributed by atoms with Crippen molar-refractivity contribution in [2.45, 2.75) is 12.8 Å². The number of pyridine rings is 1. The summed E-state index contributed by atoms with van der Waals surface area (Å²) in [5.74, 6) is 0.559. The van der Waals surface area contributed by atoms with Crippen LogP contribution in [-0.2, 0) is 11.2 Å². The van der Waals surface area contributed by atoms with Gasteiger partial charge in [0.1, 0.15) is 5.82 Å². The van der Waals surface area contributed by atoms with Crippen molar-refractivity contribution >= 4 is 44.1 Å². The quantitative estimate of drug-likeness (QED) is 0.525. The van der Waals surface area contributed by atoms with Crippen molar-refractivity contribution in [2.24, 2.45) is 0 Å². The average Bonchev–Trinajstić information content (AvgIpc) is 3.27. The Kier molecular flexibility index (Phi) is 3.89. The van der Waals surface area contributed by atoms with Crippen molar-refractivity contribution in [1.82, 2.24) is 15.3 Å². The van der Waals surface area contributed by atoms with Gasteiger partial charge in [-0.05, 0) is 46.5 Å². The van der Waals surface area contributed by atoms with Crippen molar-refractivity contribution in [1.29, 1.82) is 0 Å². The van der Waals surface area contributed by atoms with Crippen LogP contribution in [0.5, 0.6) is 0 Å². The largest absolute Gasteiger partial charge is 0.383 e. The molecule has 0 atom stereocenters. The van der Waals surface area contributed by atoms with E-state index in [1.165, 1.54) is 5.39 Å². The molecular formula is C19H18N4OS. The lowest BCUT2D eigenvalue weighted by atomic mass is 10.0. The summed E-state index contributed by atoms with van der Waals surface area (Å²) in [4.78, 5) is 19.1. The summed E-state index contributed by atoms with van der Waals surface area (Å²) in [5.41, 5.74) is 10.6. The predicted molar refractivity (Wildman–Crippen MR) is 104 cm³/mol. The fourth-order valence-electron chi connectivity index (χ4n) is 3.10. The van der Waals surface area contributed by atoms with E-state index in [-0.39, 0.29) is 5.91 Å². The van der Waals surface area contributed by atoms with Crippen molar-refractivity contribution < 1.29 is 4.79 Å². The molecule has 4 N–H and O–H groups in total. The molecule has 25 heavy (non-hydrogen) atoms. The van der Waals surface area contributed by atoms with Crippen LogP contribution in [0.1, 0.15) is 12.0 Å². The summed E-state index contributed by atoms with van der Waals surface area (Å²) in [6.07, 6.45) is 4.82. The van der Waals surface area contributed by atoms with Crippen LogP contribution in [0.25, 0.3) is 32.1 Å². The van der Waals surface area contributed by atoms with Gasteiger partial charge in [0.25, 0.3) is 0 Å². The summed E-state index contributed by atoms with van der Waals surface area (Å²) in [6, 6.07) is 8.39. The normalized spacial score (nSPS) is 11.2. The Morgan fingerprint density at radius 2 is 2.24 bits per heavy atom. The third kappa shape index (κ3) is 2.74. The third-order valence-electron chi connectivity index (χ3n) is 4.46. The molecule has 0 saturated heterocycles. The Bertz CT molecular complexity index is 1080. The van der Waals surface area contributed by atoms with Gasteiger partial charge in [-0.15, -0.1) is 11.3 Å². The number of benzene rings is 1. The number of nitrogens with one attached hydrogen (secondary N) is 2. The minimum Gasteiger partial charge on any atom is -0.383 e. The van der Waals surface area contributed by atoms with Gasteiger partial charge in [0, 0.05) is 47.0 Å². The number of H-pyrrole nitrogens is 1. The molecule has 1 amide bonds. The first-order valence-electron chi connectivity index (χ1n) is 8.10. The number of carbonyl (C=O) groups is 1. The predicted octanol–water partition coefficient (Wildman–Crippen LogP) is 3.71. The van der Waals surface area contributed by atoms with Crippen LogP contribution in [0.15, 0.2) is 42.0 Å². The number of amides is 1. The van der Waals surface area contributed by atoms with E-state index >= 15 is 0 Å². The molecule has 0 saturated carbocycles. The number of aryl methyl sites for hydroxylation is 1. The molecule has 0 radical (unpaired) electrons. The van der Waals surface area contributed by atoms with Crippen molar-refractivity contribution in [3.05, 3.63) is 47.6 Å². The Labute approximate surface area is 148 Å². The smallest absolute Gasteiger partial charge is 0.220 e. The van der Waals surface area contributed by atoms with Gasteiger partial charge in [-0.3, -0.25) is 4.79 Å². The molecule has 0 unspecified atom stereocenters. The summed E-state index contributed by atoms with van der Waals surface area (Å²) < 4.78 is 1.11. The number of fused-ring (bicyclic) bond motifs is 2. The first kappa shape index (κ1) is 15.7. The minimum absolute atomic E-state index is 0.0275. The lowest BCUT2D eigenvalue weighted by molar-refractivity contribution is -0.120. The van der Waals surface area contributed by atoms with Crippen molar-refractivity contribution in [2.75, 3.05) is 12.8 Å². The van der Waals surface area contributed by atoms with E-state index in [0.717, 1.165) is 32.3 Å². The van der Waals surface area contributed by atoms with Gasteiger partial charge < -0.3 is 16.0 Å². The second kappa shape index (κ2) is 6.22. The maximum absolute atomic E-state index is 11.6. The summed E-state index contributed by atoms with van der Waals surface area (Å²) in [7, 11) is 1.65. The molecule has 126 valence electrons. The van der Waals surface area contributed by atoms with Gasteiger partial charge in [0.2, 0.25) is 5.91 Å². The van der Waals surface area contributed by atoms with E-state index < -0.39 is 0 Å². The number of hydrogen-bond donors (Lipinski definition) is 3. The second-order valence-electron chi connectivity index (χ2n) is 5.98. The number of nitrogens with zero attached hydrogens (tertiary/aromatic N) is 1. The minimum atomic E-state index is 0.0275. The number of aromatic nitrogens is 2. The van der Waals surface area contributed by atoms with Gasteiger partial charge in [-0.25, -0.2) is 4.98 Å². The highest BCUT2D eigenvalue weighted by Crippen LogP contribution is 2.39. The highest BCUT2D eigenvalue weighted by molar-refractivity contribution is 7.18. The maximum Gasteiger partial charge on any atom is 0.220 e. The first-order chi connectivity index (χ1) is 12.2. The second-order valence-corrected chi connectivity index (χ2v) is 6.85. The number of carbonyl (C=O) groups excluding carboxylic acids is 1. The molecule has 0 aliphatic heterocycles. The van der Waals surface area contributed by atoms with Crippen LogP contribution in [0.2, 0.25) is 0 Å². The number of nitrogens with two attached hydrogens (primary N) is 1. The van der Waals surface area contributed by atoms with Crippen LogP contribution in [0, 0.1) is 0 Å². The molecule has 0 fully saturated rings. The molecule has 0 aliphatic rings. The van der Waals surface area contributed by atoms with E-state index in [0.29, 0.717) is 18.7 Å². The number of rotatable bonds is 4. The van der Waals surface area contributed by atoms with Crippen LogP contribution in [0.4, 0.5) is 5.82 Å². The number of thiophene rings is 1. The number of nitrogen functional groups attached to an aromatic ring is 1. The zero-order valence-electron chi connectivity index (χ0n) is 13.8. The van der Waals surface area contributed by atoms with Gasteiger partial charge in [-0.2, -0.15) is 0 Å². The number of anilines is 1. The number of hydrogen-bond acceptors (Lipinski definition) is 4. The highest BCUT2D eigenvalue weighted by atomic mass is 32.1. The lowest BCUT2D eigenvalue weighted by Crippen LogP contribution is -2.18. The molecule has 0 spiro atoms. The summed E-state index contributed by atoms with van der Waals surface area (Å²) in [5, 5.41) is 6.93. The van der Waals surface area contributed by atoms with E-state index in [1.54, 1.807) is 24.6 Å². The van der Waals surface area contributed by atoms with E-state index in [1.807, 2.05) is 6.20 Å². The van der Waals surface area contributed by atoms with Crippen molar-refractivity contribution in [3.63, 3.8) is 0 Å². The van der Waals surface area contributed by atoms with Crippen LogP contribution < -0.4 is 11.1 Å². The van der Waals surface area contributed by atoms with Crippen LogP contribution in [-0.4, -0.2) is 22.9 Å². The molecule has 3 heterocycles. The van der Waals surface area contributed by atoms with Gasteiger partial charge in [0.15, 0.2) is 0 Å². The standard InChI is InChI=1S/C19H18N4OS/c1-21-16(24)5-3-13-9-23-19(20)17-14(10-25-18(13)17)11-2-4-15-12(8-11)6-7-22-15/h2,4,6-10,22H,3,5H2,1H3,(H2,20,23)(H,21,24). The molecule has 4 rings (SSSR count). The van der Waals surface area contributed by atoms with Crippen LogP contribution in [0.3, 0.4) is 0 Å². The van der Waals surface area contributed by atoms with E-state index in [2.05, 4.69) is 44.9 Å². The Morgan fingerprint density at radius 3 is 3.08 bits per heavy atom. The first-order valence-corrected chi connectivity index (χ1v) is 8.98. The fourth-order valence-corrected chi connectivity index (χ4v) is 4.23. The Morgan fingerprint density at radius 1 is 1.36 bits per heavy atom. The molecule has 4 aromatic rings. The van der Waals surface area contributed by atoms with E-state index in [9.17, 15) is 4.79 Å². The fraction of sp³-hybridized carbons (Fsp3) is 0.158. The zero-order chi connectivity index (χ0) is 17.4. The summed E-state index contributed by atoms with van der Waals surface area (Å²) >= 11 is 1.66. The van der Waals surface area contributed by atoms with E-state index in [4.69, 9.17) is 5.73 Å². The Balaban J connectivity index is 1.81. The van der Waals surface area contributed by atoms with Crippen molar-refractivity contribution in [3.8, 4) is 11.1 Å². The maximum atomic E-state index is 11.6. The monoisotopic (exact) mass is 350 g/mol. The van der Waals surface area contributed by atoms with Gasteiger partial charge in [0.05, 0.1) is 0 Å². The van der Waals surface area contributed by atoms with Crippen LogP contribution >= 0.6 is 11.3 Å². The molecule has 5 nitrogen and oxygen atoms in total. The molecule has 6 heteroatoms. The lowest BCUT2D eigenvalue weighted by Gasteiger charge is -2.06. The Hall–Kier alpha value is -2.86. The molecule has 1 aromatic carbocycles. The SMILES string of the molecule is CNC(=O)CCc1cnc(N)c2c(-c3ccc4[nH]ccc4c3)csc12. The highest BCUT2D eigenvalue weighted by Gasteiger charge is 2.15. The third-order valence-corrected chi connectivity index (χ3v) is 5.52. The zero-order valence-corrected chi connectivity index (χ0v) is 14.6.